The lowest BCUT2D eigenvalue weighted by Gasteiger charge is -2.22. The minimum absolute atomic E-state index is 0.467. The van der Waals surface area contributed by atoms with Crippen molar-refractivity contribution in [2.24, 2.45) is 5.73 Å². The van der Waals surface area contributed by atoms with E-state index in [4.69, 9.17) is 27.1 Å². The Labute approximate surface area is 116 Å². The number of aromatic nitrogens is 2. The van der Waals surface area contributed by atoms with Crippen molar-refractivity contribution in [3.05, 3.63) is 29.0 Å². The van der Waals surface area contributed by atoms with Crippen LogP contribution >= 0.6 is 11.6 Å². The van der Waals surface area contributed by atoms with E-state index in [2.05, 4.69) is 4.57 Å². The third-order valence-electron chi connectivity index (χ3n) is 4.07. The maximum absolute atomic E-state index is 6.51. The Morgan fingerprint density at radius 1 is 1.42 bits per heavy atom. The van der Waals surface area contributed by atoms with Gasteiger partial charge in [0.25, 0.3) is 0 Å². The summed E-state index contributed by atoms with van der Waals surface area (Å²) in [5.74, 6) is 0.940. The molecule has 1 aromatic heterocycles. The van der Waals surface area contributed by atoms with Crippen LogP contribution in [0.1, 0.15) is 31.1 Å². The molecule has 1 aromatic carbocycles. The number of rotatable bonds is 2. The normalized spacial score (nSPS) is 27.3. The van der Waals surface area contributed by atoms with Gasteiger partial charge in [0.15, 0.2) is 0 Å². The Balaban J connectivity index is 1.99. The molecule has 1 aliphatic carbocycles. The molecule has 2 N–H and O–H groups in total. The average molecular weight is 278 g/mol. The Hall–Kier alpha value is -1.10. The zero-order valence-electron chi connectivity index (χ0n) is 10.6. The second-order valence-electron chi connectivity index (χ2n) is 5.60. The largest absolute Gasteiger partial charge is 0.379 e. The molecule has 5 heteroatoms. The molecule has 4 rings (SSSR count). The summed E-state index contributed by atoms with van der Waals surface area (Å²) in [6.07, 6.45) is 3.18. The number of benzene rings is 1. The number of nitrogens with two attached hydrogens (primary N) is 1. The Kier molecular flexibility index (Phi) is 2.43. The highest BCUT2D eigenvalue weighted by molar-refractivity contribution is 6.35. The van der Waals surface area contributed by atoms with Crippen molar-refractivity contribution in [2.75, 3.05) is 13.2 Å². The Morgan fingerprint density at radius 3 is 2.95 bits per heavy atom. The fourth-order valence-electron chi connectivity index (χ4n) is 2.90. The molecule has 2 heterocycles. The fraction of sp³-hybridized carbons (Fsp3) is 0.500. The van der Waals surface area contributed by atoms with Gasteiger partial charge in [-0.1, -0.05) is 17.7 Å². The lowest BCUT2D eigenvalue weighted by molar-refractivity contribution is 0.175. The van der Waals surface area contributed by atoms with E-state index in [-0.39, 0.29) is 0 Å². The van der Waals surface area contributed by atoms with Crippen LogP contribution < -0.4 is 5.73 Å². The smallest absolute Gasteiger partial charge is 0.132 e. The molecule has 0 amide bonds. The molecule has 0 spiro atoms. The number of para-hydroxylation sites is 1. The molecule has 0 radical (unpaired) electrons. The highest BCUT2D eigenvalue weighted by atomic mass is 35.5. The molecule has 4 nitrogen and oxygen atoms in total. The number of fused-ring (bicyclic) bond motifs is 1. The summed E-state index contributed by atoms with van der Waals surface area (Å²) in [5, 5.41) is 0.755. The maximum atomic E-state index is 6.51. The molecule has 2 aliphatic rings. The van der Waals surface area contributed by atoms with Crippen molar-refractivity contribution in [1.82, 2.24) is 9.55 Å². The van der Waals surface area contributed by atoms with Crippen molar-refractivity contribution in [3.8, 4) is 0 Å². The van der Waals surface area contributed by atoms with Gasteiger partial charge in [0.05, 0.1) is 22.7 Å². The van der Waals surface area contributed by atoms with Crippen LogP contribution in [-0.4, -0.2) is 22.8 Å². The predicted molar refractivity (Wildman–Crippen MR) is 74.3 cm³/mol. The van der Waals surface area contributed by atoms with E-state index in [1.165, 1.54) is 12.8 Å². The first-order chi connectivity index (χ1) is 9.19. The van der Waals surface area contributed by atoms with Gasteiger partial charge in [-0.2, -0.15) is 0 Å². The van der Waals surface area contributed by atoms with E-state index in [0.29, 0.717) is 19.3 Å². The van der Waals surface area contributed by atoms with E-state index in [1.807, 2.05) is 18.2 Å². The monoisotopic (exact) mass is 277 g/mol. The van der Waals surface area contributed by atoms with Gasteiger partial charge in [-0.15, -0.1) is 0 Å². The van der Waals surface area contributed by atoms with Crippen LogP contribution in [-0.2, 0) is 10.3 Å². The van der Waals surface area contributed by atoms with E-state index in [1.54, 1.807) is 0 Å². The van der Waals surface area contributed by atoms with Crippen molar-refractivity contribution in [2.45, 2.75) is 30.8 Å². The minimum atomic E-state index is -0.467. The Bertz CT molecular complexity index is 641. The van der Waals surface area contributed by atoms with Crippen LogP contribution in [0.3, 0.4) is 0 Å². The lowest BCUT2D eigenvalue weighted by Crippen LogP contribution is -2.40. The summed E-state index contributed by atoms with van der Waals surface area (Å²) in [4.78, 5) is 4.76. The number of halogens is 1. The topological polar surface area (TPSA) is 53.1 Å². The molecule has 1 aliphatic heterocycles. The second-order valence-corrected chi connectivity index (χ2v) is 6.01. The average Bonchev–Trinajstić information content (AvgIpc) is 3.00. The van der Waals surface area contributed by atoms with Gasteiger partial charge in [-0.25, -0.2) is 4.98 Å². The molecule has 1 unspecified atom stereocenters. The third-order valence-corrected chi connectivity index (χ3v) is 4.38. The van der Waals surface area contributed by atoms with Gasteiger partial charge in [0, 0.05) is 12.6 Å². The first-order valence-corrected chi connectivity index (χ1v) is 7.10. The van der Waals surface area contributed by atoms with Gasteiger partial charge in [0.1, 0.15) is 11.4 Å². The van der Waals surface area contributed by atoms with Gasteiger partial charge < -0.3 is 15.0 Å². The van der Waals surface area contributed by atoms with Gasteiger partial charge >= 0.3 is 0 Å². The number of hydrogen-bond donors (Lipinski definition) is 1. The number of hydrogen-bond acceptors (Lipinski definition) is 3. The maximum Gasteiger partial charge on any atom is 0.132 e. The molecule has 19 heavy (non-hydrogen) atoms. The summed E-state index contributed by atoms with van der Waals surface area (Å²) < 4.78 is 7.74. The third kappa shape index (κ3) is 1.71. The van der Waals surface area contributed by atoms with E-state index < -0.39 is 5.54 Å². The van der Waals surface area contributed by atoms with Crippen LogP contribution in [0.25, 0.3) is 11.0 Å². The van der Waals surface area contributed by atoms with Crippen molar-refractivity contribution < 1.29 is 4.74 Å². The van der Waals surface area contributed by atoms with Crippen molar-refractivity contribution >= 4 is 22.6 Å². The standard InChI is InChI=1S/C14H16ClN3O/c15-10-2-1-3-11-12(10)18(9-4-5-9)13(17-11)14(16)6-7-19-8-14/h1-3,9H,4-8,16H2. The molecule has 2 aromatic rings. The van der Waals surface area contributed by atoms with Gasteiger partial charge in [-0.3, -0.25) is 0 Å². The molecule has 0 bridgehead atoms. The molecular formula is C14H16ClN3O. The summed E-state index contributed by atoms with van der Waals surface area (Å²) in [6.45, 7) is 1.25. The SMILES string of the molecule is NC1(c2nc3cccc(Cl)c3n2C2CC2)CCOC1. The number of imidazole rings is 1. The molecular weight excluding hydrogens is 262 g/mol. The molecule has 100 valence electrons. The summed E-state index contributed by atoms with van der Waals surface area (Å²) in [6, 6.07) is 6.36. The summed E-state index contributed by atoms with van der Waals surface area (Å²) >= 11 is 6.37. The molecule has 1 saturated heterocycles. The highest BCUT2D eigenvalue weighted by Crippen LogP contribution is 2.43. The predicted octanol–water partition coefficient (Wildman–Crippen LogP) is 2.60. The van der Waals surface area contributed by atoms with Crippen LogP contribution in [0.15, 0.2) is 18.2 Å². The quantitative estimate of drug-likeness (QED) is 0.918. The molecule has 2 fully saturated rings. The van der Waals surface area contributed by atoms with Gasteiger partial charge in [-0.05, 0) is 31.4 Å². The van der Waals surface area contributed by atoms with Crippen LogP contribution in [0.2, 0.25) is 5.02 Å². The highest BCUT2D eigenvalue weighted by Gasteiger charge is 2.40. The van der Waals surface area contributed by atoms with E-state index in [9.17, 15) is 0 Å². The second kappa shape index (κ2) is 3.95. The lowest BCUT2D eigenvalue weighted by atomic mass is 9.99. The van der Waals surface area contributed by atoms with Crippen molar-refractivity contribution in [1.29, 1.82) is 0 Å². The van der Waals surface area contributed by atoms with E-state index in [0.717, 1.165) is 28.3 Å². The van der Waals surface area contributed by atoms with Crippen LogP contribution in [0, 0.1) is 0 Å². The molecule has 1 atom stereocenters. The molecule has 1 saturated carbocycles. The zero-order valence-corrected chi connectivity index (χ0v) is 11.4. The van der Waals surface area contributed by atoms with Crippen LogP contribution in [0.5, 0.6) is 0 Å². The number of nitrogens with zero attached hydrogens (tertiary/aromatic N) is 2. The van der Waals surface area contributed by atoms with E-state index >= 15 is 0 Å². The minimum Gasteiger partial charge on any atom is -0.379 e. The summed E-state index contributed by atoms with van der Waals surface area (Å²) in [5.41, 5.74) is 8.00. The first-order valence-electron chi connectivity index (χ1n) is 6.73. The summed E-state index contributed by atoms with van der Waals surface area (Å²) in [7, 11) is 0. The van der Waals surface area contributed by atoms with Crippen LogP contribution in [0.4, 0.5) is 0 Å². The van der Waals surface area contributed by atoms with Gasteiger partial charge in [0.2, 0.25) is 0 Å². The fourth-order valence-corrected chi connectivity index (χ4v) is 3.16. The first kappa shape index (κ1) is 11.7. The Morgan fingerprint density at radius 2 is 2.26 bits per heavy atom. The zero-order chi connectivity index (χ0) is 13.0. The van der Waals surface area contributed by atoms with Crippen molar-refractivity contribution in [3.63, 3.8) is 0 Å². The number of ether oxygens (including phenoxy) is 1.